The molecule has 0 amide bonds. The average Bonchev–Trinajstić information content (AvgIpc) is 3.30. The second kappa shape index (κ2) is 12.6. The van der Waals surface area contributed by atoms with Crippen molar-refractivity contribution in [2.24, 2.45) is 18.9 Å². The van der Waals surface area contributed by atoms with Crippen LogP contribution in [0.5, 0.6) is 0 Å². The number of hydrogen-bond acceptors (Lipinski definition) is 5. The second-order valence-electron chi connectivity index (χ2n) is 12.6. The van der Waals surface area contributed by atoms with E-state index in [1.165, 1.54) is 4.80 Å². The Morgan fingerprint density at radius 2 is 1.60 bits per heavy atom. The Morgan fingerprint density at radius 1 is 0.956 bits per heavy atom. The van der Waals surface area contributed by atoms with E-state index in [1.807, 2.05) is 13.8 Å². The van der Waals surface area contributed by atoms with Gasteiger partial charge in [-0.25, -0.2) is 0 Å². The molecule has 3 aromatic rings. The summed E-state index contributed by atoms with van der Waals surface area (Å²) in [6, 6.07) is 5.86. The highest BCUT2D eigenvalue weighted by Gasteiger charge is 2.39. The van der Waals surface area contributed by atoms with Crippen molar-refractivity contribution in [1.82, 2.24) is 20.2 Å². The van der Waals surface area contributed by atoms with E-state index in [2.05, 4.69) is 32.4 Å². The third kappa shape index (κ3) is 7.44. The summed E-state index contributed by atoms with van der Waals surface area (Å²) >= 11 is 0. The number of anilines is 1. The number of hydrogen-bond donors (Lipinski definition) is 1. The maximum absolute atomic E-state index is 13.8. The van der Waals surface area contributed by atoms with Crippen molar-refractivity contribution in [2.75, 3.05) is 18.0 Å². The van der Waals surface area contributed by atoms with Crippen molar-refractivity contribution in [1.29, 1.82) is 0 Å². The second-order valence-corrected chi connectivity index (χ2v) is 12.6. The van der Waals surface area contributed by atoms with Crippen molar-refractivity contribution < 1.29 is 36.2 Å². The largest absolute Gasteiger partial charge is 0.481 e. The van der Waals surface area contributed by atoms with Gasteiger partial charge in [0, 0.05) is 24.7 Å². The summed E-state index contributed by atoms with van der Waals surface area (Å²) < 4.78 is 82.5. The van der Waals surface area contributed by atoms with E-state index in [0.29, 0.717) is 31.7 Å². The van der Waals surface area contributed by atoms with Gasteiger partial charge < -0.3 is 10.0 Å². The van der Waals surface area contributed by atoms with E-state index in [0.717, 1.165) is 60.3 Å². The molecule has 45 heavy (non-hydrogen) atoms. The van der Waals surface area contributed by atoms with Crippen molar-refractivity contribution >= 4 is 11.7 Å². The highest BCUT2D eigenvalue weighted by atomic mass is 19.4. The van der Waals surface area contributed by atoms with Gasteiger partial charge in [0.25, 0.3) is 0 Å². The van der Waals surface area contributed by atoms with Gasteiger partial charge in [-0.05, 0) is 111 Å². The number of aryl methyl sites for hydroxylation is 3. The number of carboxylic acid groups (broad SMARTS) is 1. The van der Waals surface area contributed by atoms with Crippen LogP contribution in [0.25, 0.3) is 0 Å². The van der Waals surface area contributed by atoms with Gasteiger partial charge in [-0.2, -0.15) is 31.1 Å². The number of aromatic nitrogens is 4. The standard InChI is InChI=1S/C32H37F6N5O2/c1-18-11-19(2)28-26(12-18)25(5-4-10-43(28)17-20-6-8-22(9-7-20)30(44)45)27(29-39-41-42(3)40-29)15-21-13-23(31(33,34)35)16-24(14-21)32(36,37)38/h11-14,16,20,22,25,27H,4-10,15,17H2,1-3H3,(H,44,45)/t20?,22?,25-,27+/m0/s1. The molecule has 1 fully saturated rings. The van der Waals surface area contributed by atoms with Gasteiger partial charge in [-0.1, -0.05) is 17.7 Å². The molecule has 244 valence electrons. The highest BCUT2D eigenvalue weighted by molar-refractivity contribution is 5.70. The first-order chi connectivity index (χ1) is 21.1. The number of rotatable bonds is 7. The lowest BCUT2D eigenvalue weighted by Crippen LogP contribution is -2.34. The molecule has 1 saturated carbocycles. The van der Waals surface area contributed by atoms with Crippen LogP contribution in [-0.4, -0.2) is 44.4 Å². The van der Waals surface area contributed by atoms with Gasteiger partial charge in [0.05, 0.1) is 24.1 Å². The molecule has 5 rings (SSSR count). The van der Waals surface area contributed by atoms with Crippen LogP contribution in [-0.2, 0) is 30.6 Å². The van der Waals surface area contributed by atoms with E-state index in [-0.39, 0.29) is 35.7 Å². The molecule has 1 N–H and O–H groups in total. The Morgan fingerprint density at radius 3 is 2.16 bits per heavy atom. The maximum Gasteiger partial charge on any atom is 0.416 e. The number of alkyl halides is 6. The monoisotopic (exact) mass is 637 g/mol. The molecule has 13 heteroatoms. The molecular weight excluding hydrogens is 600 g/mol. The molecule has 2 aromatic carbocycles. The van der Waals surface area contributed by atoms with E-state index >= 15 is 0 Å². The predicted molar refractivity (Wildman–Crippen MR) is 155 cm³/mol. The van der Waals surface area contributed by atoms with Gasteiger partial charge in [0.15, 0.2) is 5.82 Å². The molecule has 1 aliphatic heterocycles. The fraction of sp³-hybridized carbons (Fsp3) is 0.562. The predicted octanol–water partition coefficient (Wildman–Crippen LogP) is 7.47. The number of halogens is 6. The number of tetrazole rings is 1. The van der Waals surface area contributed by atoms with Crippen molar-refractivity contribution in [3.63, 3.8) is 0 Å². The van der Waals surface area contributed by atoms with E-state index in [9.17, 15) is 36.2 Å². The van der Waals surface area contributed by atoms with Crippen LogP contribution in [0.3, 0.4) is 0 Å². The van der Waals surface area contributed by atoms with Crippen molar-refractivity contribution in [2.45, 2.75) is 83.0 Å². The molecule has 1 aliphatic carbocycles. The summed E-state index contributed by atoms with van der Waals surface area (Å²) in [5.41, 5.74) is 1.19. The smallest absolute Gasteiger partial charge is 0.416 e. The Balaban J connectivity index is 1.55. The minimum Gasteiger partial charge on any atom is -0.481 e. The van der Waals surface area contributed by atoms with Crippen LogP contribution in [0, 0.1) is 25.7 Å². The molecular formula is C32H37F6N5O2. The zero-order valence-electron chi connectivity index (χ0n) is 25.4. The molecule has 1 aromatic heterocycles. The van der Waals surface area contributed by atoms with Crippen molar-refractivity contribution in [3.8, 4) is 0 Å². The summed E-state index contributed by atoms with van der Waals surface area (Å²) in [7, 11) is 1.57. The number of fused-ring (bicyclic) bond motifs is 1. The number of nitrogens with zero attached hydrogens (tertiary/aromatic N) is 5. The van der Waals surface area contributed by atoms with Crippen LogP contribution in [0.1, 0.15) is 89.6 Å². The maximum atomic E-state index is 13.8. The lowest BCUT2D eigenvalue weighted by atomic mass is 9.77. The van der Waals surface area contributed by atoms with Gasteiger partial charge in [0.2, 0.25) is 0 Å². The lowest BCUT2D eigenvalue weighted by molar-refractivity contribution is -0.144. The quantitative estimate of drug-likeness (QED) is 0.271. The Hall–Kier alpha value is -3.64. The topological polar surface area (TPSA) is 84.1 Å². The summed E-state index contributed by atoms with van der Waals surface area (Å²) in [5.74, 6) is -1.45. The van der Waals surface area contributed by atoms with E-state index in [4.69, 9.17) is 0 Å². The highest BCUT2D eigenvalue weighted by Crippen LogP contribution is 2.47. The molecule has 0 unspecified atom stereocenters. The van der Waals surface area contributed by atoms with Crippen LogP contribution in [0.15, 0.2) is 30.3 Å². The van der Waals surface area contributed by atoms with Crippen molar-refractivity contribution in [3.05, 3.63) is 69.5 Å². The molecule has 2 atom stereocenters. The zero-order valence-corrected chi connectivity index (χ0v) is 25.4. The first-order valence-electron chi connectivity index (χ1n) is 15.2. The normalized spacial score (nSPS) is 21.7. The van der Waals surface area contributed by atoms with Crippen LogP contribution >= 0.6 is 0 Å². The van der Waals surface area contributed by atoms with Gasteiger partial charge in [-0.15, -0.1) is 10.2 Å². The van der Waals surface area contributed by atoms with Crippen LogP contribution in [0.4, 0.5) is 32.0 Å². The molecule has 2 aliphatic rings. The number of aliphatic carboxylic acids is 1. The first-order valence-corrected chi connectivity index (χ1v) is 15.2. The minimum atomic E-state index is -4.95. The zero-order chi connectivity index (χ0) is 32.7. The van der Waals surface area contributed by atoms with Crippen LogP contribution in [0.2, 0.25) is 0 Å². The minimum absolute atomic E-state index is 0.100. The fourth-order valence-electron chi connectivity index (χ4n) is 7.23. The van der Waals surface area contributed by atoms with Gasteiger partial charge >= 0.3 is 18.3 Å². The Labute approximate surface area is 257 Å². The Bertz CT molecular complexity index is 1490. The third-order valence-electron chi connectivity index (χ3n) is 9.25. The number of carboxylic acids is 1. The number of benzene rings is 2. The number of carbonyl (C=O) groups is 1. The van der Waals surface area contributed by atoms with E-state index < -0.39 is 35.4 Å². The third-order valence-corrected chi connectivity index (χ3v) is 9.25. The lowest BCUT2D eigenvalue weighted by Gasteiger charge is -2.35. The van der Waals surface area contributed by atoms with Gasteiger partial charge in [-0.3, -0.25) is 4.79 Å². The summed E-state index contributed by atoms with van der Waals surface area (Å²) in [6.45, 7) is 5.44. The molecule has 0 spiro atoms. The molecule has 7 nitrogen and oxygen atoms in total. The van der Waals surface area contributed by atoms with Crippen LogP contribution < -0.4 is 4.90 Å². The van der Waals surface area contributed by atoms with Gasteiger partial charge in [0.1, 0.15) is 0 Å². The molecule has 2 heterocycles. The van der Waals surface area contributed by atoms with E-state index in [1.54, 1.807) is 7.05 Å². The molecule has 0 radical (unpaired) electrons. The fourth-order valence-corrected chi connectivity index (χ4v) is 7.23. The summed E-state index contributed by atoms with van der Waals surface area (Å²) in [5, 5.41) is 22.0. The molecule has 0 saturated heterocycles. The summed E-state index contributed by atoms with van der Waals surface area (Å²) in [6.07, 6.45) is -5.83. The first kappa shape index (κ1) is 32.7. The Kier molecular flexibility index (Phi) is 9.19. The average molecular weight is 638 g/mol. The molecule has 0 bridgehead atoms. The summed E-state index contributed by atoms with van der Waals surface area (Å²) in [4.78, 5) is 15.1. The SMILES string of the molecule is Cc1cc(C)c2c(c1)[C@@H]([C@@H](Cc1cc(C(F)(F)F)cc(C(F)(F)F)c1)c1nnn(C)n1)CCCN2CC1CCC(C(=O)O)CC1.